The van der Waals surface area contributed by atoms with E-state index in [1.165, 1.54) is 6.07 Å². The van der Waals surface area contributed by atoms with Crippen LogP contribution in [-0.4, -0.2) is 15.2 Å². The molecular formula is C12H12FN3. The van der Waals surface area contributed by atoms with Crippen LogP contribution in [0.2, 0.25) is 0 Å². The summed E-state index contributed by atoms with van der Waals surface area (Å²) in [4.78, 5) is 3.75. The van der Waals surface area contributed by atoms with Gasteiger partial charge in [0.2, 0.25) is 5.95 Å². The Morgan fingerprint density at radius 3 is 2.38 bits per heavy atom. The molecule has 2 aromatic rings. The van der Waals surface area contributed by atoms with Crippen LogP contribution in [0.25, 0.3) is 11.4 Å². The Labute approximate surface area is 93.4 Å². The van der Waals surface area contributed by atoms with E-state index in [9.17, 15) is 4.39 Å². The molecule has 82 valence electrons. The lowest BCUT2D eigenvalue weighted by Crippen LogP contribution is -1.97. The van der Waals surface area contributed by atoms with Crippen molar-refractivity contribution in [3.8, 4) is 11.4 Å². The molecule has 0 N–H and O–H groups in total. The second-order valence-corrected chi connectivity index (χ2v) is 3.84. The molecule has 0 aliphatic heterocycles. The van der Waals surface area contributed by atoms with E-state index in [0.29, 0.717) is 17.3 Å². The molecule has 0 aliphatic carbocycles. The van der Waals surface area contributed by atoms with Crippen molar-refractivity contribution < 1.29 is 4.39 Å². The summed E-state index contributed by atoms with van der Waals surface area (Å²) in [6.07, 6.45) is 0. The van der Waals surface area contributed by atoms with E-state index in [1.54, 1.807) is 12.1 Å². The molecule has 4 heteroatoms. The average Bonchev–Trinajstić information content (AvgIpc) is 2.29. The Balaban J connectivity index is 2.35. The molecular weight excluding hydrogens is 205 g/mol. The molecule has 0 atom stereocenters. The maximum Gasteiger partial charge on any atom is 0.213 e. The molecule has 0 radical (unpaired) electrons. The van der Waals surface area contributed by atoms with Gasteiger partial charge in [0.15, 0.2) is 0 Å². The average molecular weight is 217 g/mol. The number of pyridine rings is 1. The zero-order chi connectivity index (χ0) is 11.5. The first-order valence-electron chi connectivity index (χ1n) is 5.13. The van der Waals surface area contributed by atoms with Crippen molar-refractivity contribution in [3.05, 3.63) is 42.0 Å². The van der Waals surface area contributed by atoms with Crippen molar-refractivity contribution in [2.75, 3.05) is 0 Å². The highest BCUT2D eigenvalue weighted by molar-refractivity contribution is 5.52. The Bertz CT molecular complexity index is 480. The molecule has 2 rings (SSSR count). The Hall–Kier alpha value is -1.84. The molecule has 0 saturated carbocycles. The molecule has 16 heavy (non-hydrogen) atoms. The fourth-order valence-corrected chi connectivity index (χ4v) is 1.34. The third kappa shape index (κ3) is 2.21. The molecule has 0 bridgehead atoms. The lowest BCUT2D eigenvalue weighted by molar-refractivity contribution is 0.585. The third-order valence-corrected chi connectivity index (χ3v) is 2.25. The summed E-state index contributed by atoms with van der Waals surface area (Å²) in [7, 11) is 0. The predicted molar refractivity (Wildman–Crippen MR) is 59.3 cm³/mol. The number of rotatable bonds is 2. The molecule has 0 amide bonds. The highest BCUT2D eigenvalue weighted by atomic mass is 19.1. The van der Waals surface area contributed by atoms with Gasteiger partial charge in [-0.1, -0.05) is 19.9 Å². The molecule has 0 unspecified atom stereocenters. The lowest BCUT2D eigenvalue weighted by atomic mass is 10.1. The van der Waals surface area contributed by atoms with Gasteiger partial charge in [-0.05, 0) is 30.2 Å². The van der Waals surface area contributed by atoms with Crippen LogP contribution < -0.4 is 0 Å². The second-order valence-electron chi connectivity index (χ2n) is 3.84. The molecule has 0 aromatic carbocycles. The van der Waals surface area contributed by atoms with Gasteiger partial charge in [0, 0.05) is 0 Å². The van der Waals surface area contributed by atoms with Crippen LogP contribution >= 0.6 is 0 Å². The monoisotopic (exact) mass is 217 g/mol. The minimum absolute atomic E-state index is 0.335. The standard InChI is InChI=1S/C12H12FN3/c1-8(2)9-6-7-11(16-15-9)10-4-3-5-12(13)14-10/h3-8H,1-2H3. The van der Waals surface area contributed by atoms with Gasteiger partial charge in [0.05, 0.1) is 11.4 Å². The normalized spacial score (nSPS) is 10.8. The van der Waals surface area contributed by atoms with E-state index >= 15 is 0 Å². The lowest BCUT2D eigenvalue weighted by Gasteiger charge is -2.03. The van der Waals surface area contributed by atoms with Crippen molar-refractivity contribution in [3.63, 3.8) is 0 Å². The van der Waals surface area contributed by atoms with Crippen molar-refractivity contribution in [1.29, 1.82) is 0 Å². The second kappa shape index (κ2) is 4.35. The predicted octanol–water partition coefficient (Wildman–Crippen LogP) is 2.80. The van der Waals surface area contributed by atoms with E-state index in [-0.39, 0.29) is 0 Å². The fourth-order valence-electron chi connectivity index (χ4n) is 1.34. The highest BCUT2D eigenvalue weighted by Crippen LogP contribution is 2.16. The van der Waals surface area contributed by atoms with Gasteiger partial charge >= 0.3 is 0 Å². The Morgan fingerprint density at radius 1 is 1.00 bits per heavy atom. The van der Waals surface area contributed by atoms with Gasteiger partial charge in [-0.2, -0.15) is 9.49 Å². The molecule has 3 nitrogen and oxygen atoms in total. The number of hydrogen-bond acceptors (Lipinski definition) is 3. The molecule has 2 heterocycles. The topological polar surface area (TPSA) is 38.7 Å². The van der Waals surface area contributed by atoms with Gasteiger partial charge in [-0.25, -0.2) is 4.98 Å². The molecule has 0 spiro atoms. The summed E-state index contributed by atoms with van der Waals surface area (Å²) in [5, 5.41) is 8.10. The molecule has 0 fully saturated rings. The minimum Gasteiger partial charge on any atom is -0.218 e. The first-order valence-corrected chi connectivity index (χ1v) is 5.13. The van der Waals surface area contributed by atoms with Gasteiger partial charge in [-0.15, -0.1) is 5.10 Å². The molecule has 0 aliphatic rings. The number of halogens is 1. The van der Waals surface area contributed by atoms with Crippen LogP contribution in [0.3, 0.4) is 0 Å². The summed E-state index contributed by atoms with van der Waals surface area (Å²) in [6.45, 7) is 4.09. The van der Waals surface area contributed by atoms with Crippen LogP contribution in [0.15, 0.2) is 30.3 Å². The summed E-state index contributed by atoms with van der Waals surface area (Å²) in [5.41, 5.74) is 2.01. The zero-order valence-electron chi connectivity index (χ0n) is 9.18. The Morgan fingerprint density at radius 2 is 1.81 bits per heavy atom. The first-order chi connectivity index (χ1) is 7.66. The maximum atomic E-state index is 12.9. The number of aromatic nitrogens is 3. The quantitative estimate of drug-likeness (QED) is 0.726. The first kappa shape index (κ1) is 10.7. The van der Waals surface area contributed by atoms with E-state index in [2.05, 4.69) is 15.2 Å². The summed E-state index contributed by atoms with van der Waals surface area (Å²) < 4.78 is 12.9. The van der Waals surface area contributed by atoms with Crippen molar-refractivity contribution in [2.45, 2.75) is 19.8 Å². The van der Waals surface area contributed by atoms with Crippen molar-refractivity contribution in [2.24, 2.45) is 0 Å². The van der Waals surface area contributed by atoms with E-state index in [4.69, 9.17) is 0 Å². The summed E-state index contributed by atoms with van der Waals surface area (Å²) in [6, 6.07) is 8.32. The fraction of sp³-hybridized carbons (Fsp3) is 0.250. The van der Waals surface area contributed by atoms with Crippen LogP contribution in [0.4, 0.5) is 4.39 Å². The third-order valence-electron chi connectivity index (χ3n) is 2.25. The van der Waals surface area contributed by atoms with E-state index in [1.807, 2.05) is 26.0 Å². The van der Waals surface area contributed by atoms with Gasteiger partial charge in [0.1, 0.15) is 5.69 Å². The van der Waals surface area contributed by atoms with Crippen LogP contribution in [0, 0.1) is 5.95 Å². The van der Waals surface area contributed by atoms with Crippen molar-refractivity contribution in [1.82, 2.24) is 15.2 Å². The van der Waals surface area contributed by atoms with Gasteiger partial charge in [0.25, 0.3) is 0 Å². The molecule has 0 saturated heterocycles. The number of nitrogens with zero attached hydrogens (tertiary/aromatic N) is 3. The largest absolute Gasteiger partial charge is 0.218 e. The smallest absolute Gasteiger partial charge is 0.213 e. The molecule has 2 aromatic heterocycles. The van der Waals surface area contributed by atoms with Crippen LogP contribution in [0.5, 0.6) is 0 Å². The van der Waals surface area contributed by atoms with Gasteiger partial charge < -0.3 is 0 Å². The SMILES string of the molecule is CC(C)c1ccc(-c2cccc(F)n2)nn1. The Kier molecular flexibility index (Phi) is 2.90. The number of hydrogen-bond donors (Lipinski definition) is 0. The van der Waals surface area contributed by atoms with Crippen LogP contribution in [-0.2, 0) is 0 Å². The summed E-state index contributed by atoms with van der Waals surface area (Å²) >= 11 is 0. The van der Waals surface area contributed by atoms with E-state index in [0.717, 1.165) is 5.69 Å². The zero-order valence-corrected chi connectivity index (χ0v) is 9.18. The van der Waals surface area contributed by atoms with Crippen LogP contribution in [0.1, 0.15) is 25.5 Å². The van der Waals surface area contributed by atoms with Gasteiger partial charge in [-0.3, -0.25) is 0 Å². The minimum atomic E-state index is -0.507. The highest BCUT2D eigenvalue weighted by Gasteiger charge is 2.05. The maximum absolute atomic E-state index is 12.9. The summed E-state index contributed by atoms with van der Waals surface area (Å²) in [5.74, 6) is -0.172. The van der Waals surface area contributed by atoms with E-state index < -0.39 is 5.95 Å². The van der Waals surface area contributed by atoms with Crippen molar-refractivity contribution >= 4 is 0 Å².